The van der Waals surface area contributed by atoms with Crippen molar-refractivity contribution in [2.24, 2.45) is 0 Å². The normalized spacial score (nSPS) is 20.2. The van der Waals surface area contributed by atoms with E-state index in [4.69, 9.17) is 23.4 Å². The van der Waals surface area contributed by atoms with E-state index in [1.807, 2.05) is 0 Å². The van der Waals surface area contributed by atoms with Crippen molar-refractivity contribution in [3.8, 4) is 0 Å². The molecule has 0 aromatic heterocycles. The summed E-state index contributed by atoms with van der Waals surface area (Å²) in [5, 5.41) is 0. The van der Waals surface area contributed by atoms with E-state index in [1.54, 1.807) is 0 Å². The molecule has 0 unspecified atom stereocenters. The minimum absolute atomic E-state index is 0. The maximum atomic E-state index is 7.42. The molecule has 0 aromatic rings. The van der Waals surface area contributed by atoms with Crippen LogP contribution >= 0.6 is 0 Å². The summed E-state index contributed by atoms with van der Waals surface area (Å²) in [6.07, 6.45) is 0. The Hall–Kier alpha value is 2.03. The van der Waals surface area contributed by atoms with Gasteiger partial charge in [0.15, 0.2) is 0 Å². The van der Waals surface area contributed by atoms with Gasteiger partial charge in [0, 0.05) is 0 Å². The Balaban J connectivity index is 0. The third kappa shape index (κ3) is 96.2. The average molecular weight is 332 g/mol. The maximum absolute atomic E-state index is 8.21. The summed E-state index contributed by atoms with van der Waals surface area (Å²) in [7, 11) is 0. The molecule has 0 bridgehead atoms. The first-order valence-corrected chi connectivity index (χ1v) is 7.77. The molecule has 0 saturated heterocycles. The van der Waals surface area contributed by atoms with E-state index in [1.165, 1.54) is 0 Å². The summed E-state index contributed by atoms with van der Waals surface area (Å²) in [5.74, 6) is 0. The van der Waals surface area contributed by atoms with Crippen LogP contribution in [0.15, 0.2) is 0 Å². The third-order valence-electron chi connectivity index (χ3n) is 0. The minimum atomic E-state index is -8.21. The van der Waals surface area contributed by atoms with Crippen molar-refractivity contribution in [2.75, 3.05) is 0 Å². The Morgan fingerprint density at radius 3 is 0.625 bits per heavy atom. The zero-order valence-corrected chi connectivity index (χ0v) is 5.58. The molecule has 0 aliphatic rings. The van der Waals surface area contributed by atoms with Gasteiger partial charge in [-0.15, -0.1) is 0 Å². The van der Waals surface area contributed by atoms with Crippen LogP contribution < -0.4 is 0 Å². The fraction of sp³-hybridized carbons (Fsp3) is 0. The van der Waals surface area contributed by atoms with Gasteiger partial charge in [-0.2, -0.15) is 0 Å². The van der Waals surface area contributed by atoms with E-state index in [-0.39, 0.29) is 51.4 Å². The van der Waals surface area contributed by atoms with Gasteiger partial charge in [-0.05, 0) is 0 Å². The molecule has 0 spiro atoms. The Labute approximate surface area is 87.9 Å². The van der Waals surface area contributed by atoms with Crippen LogP contribution in [-0.2, 0) is 14.8 Å². The molecule has 0 aromatic carbocycles. The SMILES string of the molecule is [KH].[OH][Os]([OH])([OH])([OH])([OH])[OH]. The van der Waals surface area contributed by atoms with Crippen LogP contribution in [0.25, 0.3) is 0 Å². The standard InChI is InChI=1S/K.6H2O.Os.H/h;6*1H2;;/q;;;;;;;+6;/p-6. The molecule has 0 aliphatic heterocycles. The van der Waals surface area contributed by atoms with Crippen LogP contribution in [0.4, 0.5) is 0 Å². The Bertz CT molecular complexity index is 67.1. The first kappa shape index (κ1) is 12.7. The van der Waals surface area contributed by atoms with Crippen LogP contribution in [0.2, 0.25) is 0 Å². The van der Waals surface area contributed by atoms with Crippen molar-refractivity contribution in [3.63, 3.8) is 0 Å². The summed E-state index contributed by atoms with van der Waals surface area (Å²) < 4.78 is 44.5. The van der Waals surface area contributed by atoms with Crippen LogP contribution in [0.5, 0.6) is 0 Å². The van der Waals surface area contributed by atoms with Crippen LogP contribution in [0.1, 0.15) is 0 Å². The zero-order valence-electron chi connectivity index (χ0n) is 3.04. The van der Waals surface area contributed by atoms with Gasteiger partial charge in [0.05, 0.1) is 0 Å². The predicted molar refractivity (Wildman–Crippen MR) is 20.5 cm³/mol. The van der Waals surface area contributed by atoms with Crippen LogP contribution in [-0.4, -0.2) is 74.8 Å². The second-order valence-electron chi connectivity index (χ2n) is 1.06. The van der Waals surface area contributed by atoms with Gasteiger partial charge in [-0.1, -0.05) is 0 Å². The first-order valence-electron chi connectivity index (χ1n) is 0.949. The van der Waals surface area contributed by atoms with Crippen molar-refractivity contribution in [2.45, 2.75) is 0 Å². The van der Waals surface area contributed by atoms with E-state index >= 15 is 0 Å². The summed E-state index contributed by atoms with van der Waals surface area (Å²) >= 11 is -8.21. The molecular weight excluding hydrogens is 325 g/mol. The molecule has 0 rings (SSSR count). The number of rotatable bonds is 0. The van der Waals surface area contributed by atoms with Crippen molar-refractivity contribution in [1.29, 1.82) is 0 Å². The summed E-state index contributed by atoms with van der Waals surface area (Å²) in [6.45, 7) is 0. The Kier molecular flexibility index (Phi) is 3.19. The molecule has 52 valence electrons. The molecule has 0 saturated carbocycles. The Morgan fingerprint density at radius 2 is 0.625 bits per heavy atom. The van der Waals surface area contributed by atoms with Crippen molar-refractivity contribution >= 4 is 51.4 Å². The van der Waals surface area contributed by atoms with Crippen molar-refractivity contribution in [1.82, 2.24) is 0 Å². The van der Waals surface area contributed by atoms with E-state index < -0.39 is 14.8 Å². The molecule has 6 N–H and O–H groups in total. The number of hydrogen-bond acceptors (Lipinski definition) is 6. The van der Waals surface area contributed by atoms with Crippen LogP contribution in [0.3, 0.4) is 0 Å². The Morgan fingerprint density at radius 1 is 0.625 bits per heavy atom. The molecule has 0 fully saturated rings. The third-order valence-corrected chi connectivity index (χ3v) is 0. The van der Waals surface area contributed by atoms with Crippen molar-refractivity contribution in [3.05, 3.63) is 0 Å². The summed E-state index contributed by atoms with van der Waals surface area (Å²) in [4.78, 5) is 0. The molecule has 0 aliphatic carbocycles. The fourth-order valence-electron chi connectivity index (χ4n) is 0. The second kappa shape index (κ2) is 2.01. The molecule has 6 nitrogen and oxygen atoms in total. The molecule has 8 heavy (non-hydrogen) atoms. The molecule has 0 amide bonds. The second-order valence-corrected chi connectivity index (χ2v) is 8.68. The van der Waals surface area contributed by atoms with E-state index in [0.717, 1.165) is 0 Å². The van der Waals surface area contributed by atoms with Gasteiger partial charge in [-0.3, -0.25) is 0 Å². The van der Waals surface area contributed by atoms with E-state index in [9.17, 15) is 0 Å². The van der Waals surface area contributed by atoms with Gasteiger partial charge >= 0.3 is 89.6 Å². The zero-order chi connectivity index (χ0) is 6.41. The van der Waals surface area contributed by atoms with Crippen LogP contribution in [0, 0.1) is 0 Å². The van der Waals surface area contributed by atoms with E-state index in [0.29, 0.717) is 0 Å². The van der Waals surface area contributed by atoms with Gasteiger partial charge in [0.2, 0.25) is 0 Å². The number of hydrogen-bond donors (Lipinski definition) is 6. The summed E-state index contributed by atoms with van der Waals surface area (Å²) in [6, 6.07) is 0. The monoisotopic (exact) mass is 334 g/mol. The average Bonchev–Trinajstić information content (AvgIpc) is 0.592. The van der Waals surface area contributed by atoms with E-state index in [2.05, 4.69) is 0 Å². The first-order chi connectivity index (χ1) is 2.45. The molecular formula is H7KO6Os. The summed E-state index contributed by atoms with van der Waals surface area (Å²) in [5.41, 5.74) is 0. The molecule has 8 heteroatoms. The predicted octanol–water partition coefficient (Wildman–Crippen LogP) is -3.99. The van der Waals surface area contributed by atoms with Gasteiger partial charge < -0.3 is 0 Å². The van der Waals surface area contributed by atoms with Gasteiger partial charge in [0.25, 0.3) is 0 Å². The topological polar surface area (TPSA) is 121 Å². The molecule has 0 radical (unpaired) electrons. The molecule has 0 atom stereocenters. The van der Waals surface area contributed by atoms with Gasteiger partial charge in [-0.25, -0.2) is 0 Å². The quantitative estimate of drug-likeness (QED) is 0.252. The molecule has 0 heterocycles. The fourth-order valence-corrected chi connectivity index (χ4v) is 0. The van der Waals surface area contributed by atoms with Gasteiger partial charge in [0.1, 0.15) is 0 Å². The van der Waals surface area contributed by atoms with Crippen molar-refractivity contribution < 1.29 is 38.2 Å².